The summed E-state index contributed by atoms with van der Waals surface area (Å²) >= 11 is 0. The van der Waals surface area contributed by atoms with Crippen molar-refractivity contribution in [2.24, 2.45) is 5.41 Å². The smallest absolute Gasteiger partial charge is 0.406 e. The summed E-state index contributed by atoms with van der Waals surface area (Å²) in [7, 11) is 0. The van der Waals surface area contributed by atoms with Crippen LogP contribution in [0.2, 0.25) is 0 Å². The van der Waals surface area contributed by atoms with Crippen molar-refractivity contribution < 1.29 is 22.7 Å². The predicted octanol–water partition coefficient (Wildman–Crippen LogP) is 5.15. The van der Waals surface area contributed by atoms with Gasteiger partial charge in [-0.25, -0.2) is 0 Å². The number of anilines is 1. The lowest BCUT2D eigenvalue weighted by atomic mass is 9.91. The van der Waals surface area contributed by atoms with Crippen molar-refractivity contribution in [1.29, 1.82) is 0 Å². The Kier molecular flexibility index (Phi) is 6.08. The molecule has 23 heavy (non-hydrogen) atoms. The molecule has 1 aromatic rings. The number of hydrogen-bond donors (Lipinski definition) is 0. The van der Waals surface area contributed by atoms with Gasteiger partial charge in [0.15, 0.2) is 0 Å². The van der Waals surface area contributed by atoms with Gasteiger partial charge in [0.1, 0.15) is 5.75 Å². The van der Waals surface area contributed by atoms with Gasteiger partial charge < -0.3 is 9.64 Å². The van der Waals surface area contributed by atoms with Gasteiger partial charge in [0, 0.05) is 24.2 Å². The van der Waals surface area contributed by atoms with Crippen LogP contribution in [0.15, 0.2) is 24.3 Å². The topological polar surface area (TPSA) is 29.5 Å². The average Bonchev–Trinajstić information content (AvgIpc) is 2.34. The summed E-state index contributed by atoms with van der Waals surface area (Å²) in [5, 5.41) is 0. The Bertz CT molecular complexity index is 535. The summed E-state index contributed by atoms with van der Waals surface area (Å²) in [5.41, 5.74) is 0.207. The summed E-state index contributed by atoms with van der Waals surface area (Å²) in [6.45, 7) is 9.64. The summed E-state index contributed by atoms with van der Waals surface area (Å²) < 4.78 is 41.1. The maximum atomic E-state index is 12.6. The normalized spacial score (nSPS) is 13.6. The van der Waals surface area contributed by atoms with E-state index in [-0.39, 0.29) is 23.1 Å². The monoisotopic (exact) mass is 331 g/mol. The number of carbonyl (C=O) groups excluding carboxylic acids is 1. The van der Waals surface area contributed by atoms with Crippen molar-refractivity contribution in [3.05, 3.63) is 24.3 Å². The van der Waals surface area contributed by atoms with Crippen molar-refractivity contribution in [3.63, 3.8) is 0 Å². The largest absolute Gasteiger partial charge is 0.573 e. The minimum atomic E-state index is -4.75. The molecular weight excluding hydrogens is 307 g/mol. The Balaban J connectivity index is 3.13. The van der Waals surface area contributed by atoms with Crippen molar-refractivity contribution in [2.75, 3.05) is 4.90 Å². The molecule has 0 N–H and O–H groups in total. The van der Waals surface area contributed by atoms with Gasteiger partial charge in [-0.15, -0.1) is 13.2 Å². The molecule has 1 aromatic carbocycles. The number of amides is 1. The molecule has 0 bridgehead atoms. The molecule has 0 radical (unpaired) electrons. The Hall–Kier alpha value is -1.72. The van der Waals surface area contributed by atoms with E-state index < -0.39 is 6.36 Å². The molecule has 0 aliphatic heterocycles. The molecule has 6 heteroatoms. The van der Waals surface area contributed by atoms with Gasteiger partial charge >= 0.3 is 6.36 Å². The molecule has 130 valence electrons. The number of ether oxygens (including phenoxy) is 1. The molecule has 1 unspecified atom stereocenters. The van der Waals surface area contributed by atoms with Gasteiger partial charge in [-0.05, 0) is 30.9 Å². The fourth-order valence-electron chi connectivity index (χ4n) is 2.20. The van der Waals surface area contributed by atoms with Crippen LogP contribution in [0.5, 0.6) is 5.75 Å². The van der Waals surface area contributed by atoms with E-state index in [9.17, 15) is 18.0 Å². The zero-order valence-electron chi connectivity index (χ0n) is 14.2. The highest BCUT2D eigenvalue weighted by Gasteiger charge is 2.32. The minimum Gasteiger partial charge on any atom is -0.406 e. The van der Waals surface area contributed by atoms with E-state index >= 15 is 0 Å². The lowest BCUT2D eigenvalue weighted by Crippen LogP contribution is -2.40. The minimum absolute atomic E-state index is 0.115. The second-order valence-corrected chi connectivity index (χ2v) is 6.80. The SMILES string of the molecule is CCC(C)N(C(=O)CC(C)(C)C)c1cccc(OC(F)(F)F)c1. The number of alkyl halides is 3. The number of nitrogens with zero attached hydrogens (tertiary/aromatic N) is 1. The number of carbonyl (C=O) groups is 1. The van der Waals surface area contributed by atoms with Crippen LogP contribution < -0.4 is 9.64 Å². The molecule has 0 heterocycles. The molecule has 0 aliphatic carbocycles. The molecule has 0 saturated heterocycles. The summed E-state index contributed by atoms with van der Waals surface area (Å²) in [6.07, 6.45) is -3.75. The molecule has 0 saturated carbocycles. The first-order valence-corrected chi connectivity index (χ1v) is 7.61. The van der Waals surface area contributed by atoms with E-state index in [0.29, 0.717) is 18.5 Å². The van der Waals surface area contributed by atoms with Gasteiger partial charge in [0.05, 0.1) is 0 Å². The summed E-state index contributed by atoms with van der Waals surface area (Å²) in [5.74, 6) is -0.442. The number of benzene rings is 1. The first-order valence-electron chi connectivity index (χ1n) is 7.61. The number of rotatable bonds is 5. The van der Waals surface area contributed by atoms with Gasteiger partial charge in [0.2, 0.25) is 5.91 Å². The van der Waals surface area contributed by atoms with E-state index in [4.69, 9.17) is 0 Å². The van der Waals surface area contributed by atoms with E-state index in [2.05, 4.69) is 4.74 Å². The van der Waals surface area contributed by atoms with Gasteiger partial charge in [-0.3, -0.25) is 4.79 Å². The van der Waals surface area contributed by atoms with Crippen LogP contribution in [-0.4, -0.2) is 18.3 Å². The Morgan fingerprint density at radius 2 is 1.87 bits per heavy atom. The van der Waals surface area contributed by atoms with Crippen molar-refractivity contribution in [2.45, 2.75) is 59.9 Å². The third kappa shape index (κ3) is 6.50. The number of halogens is 3. The summed E-state index contributed by atoms with van der Waals surface area (Å²) in [6, 6.07) is 5.43. The fraction of sp³-hybridized carbons (Fsp3) is 0.588. The second kappa shape index (κ2) is 7.23. The van der Waals surface area contributed by atoms with Crippen LogP contribution in [0.1, 0.15) is 47.5 Å². The standard InChI is InChI=1S/C17H24F3NO2/c1-6-12(2)21(15(22)11-16(3,4)5)13-8-7-9-14(10-13)23-17(18,19)20/h7-10,12H,6,11H2,1-5H3. The Labute approximate surface area is 135 Å². The van der Waals surface area contributed by atoms with Crippen LogP contribution >= 0.6 is 0 Å². The van der Waals surface area contributed by atoms with Crippen molar-refractivity contribution in [3.8, 4) is 5.75 Å². The van der Waals surface area contributed by atoms with Crippen LogP contribution in [0.3, 0.4) is 0 Å². The maximum absolute atomic E-state index is 12.6. The van der Waals surface area contributed by atoms with Gasteiger partial charge in [0.25, 0.3) is 0 Å². The molecular formula is C17H24F3NO2. The predicted molar refractivity (Wildman–Crippen MR) is 84.4 cm³/mol. The van der Waals surface area contributed by atoms with Gasteiger partial charge in [-0.2, -0.15) is 0 Å². The fourth-order valence-corrected chi connectivity index (χ4v) is 2.20. The molecule has 3 nitrogen and oxygen atoms in total. The van der Waals surface area contributed by atoms with Crippen LogP contribution in [0.25, 0.3) is 0 Å². The third-order valence-electron chi connectivity index (χ3n) is 3.31. The molecule has 0 aliphatic rings. The summed E-state index contributed by atoms with van der Waals surface area (Å²) in [4.78, 5) is 14.2. The molecule has 1 rings (SSSR count). The molecule has 1 amide bonds. The van der Waals surface area contributed by atoms with Crippen LogP contribution in [0, 0.1) is 5.41 Å². The van der Waals surface area contributed by atoms with E-state index in [1.54, 1.807) is 11.0 Å². The molecule has 0 fully saturated rings. The van der Waals surface area contributed by atoms with E-state index in [1.807, 2.05) is 34.6 Å². The highest BCUT2D eigenvalue weighted by molar-refractivity contribution is 5.94. The third-order valence-corrected chi connectivity index (χ3v) is 3.31. The lowest BCUT2D eigenvalue weighted by Gasteiger charge is -2.31. The first kappa shape index (κ1) is 19.3. The van der Waals surface area contributed by atoms with Crippen LogP contribution in [-0.2, 0) is 4.79 Å². The van der Waals surface area contributed by atoms with Crippen molar-refractivity contribution >= 4 is 11.6 Å². The van der Waals surface area contributed by atoms with E-state index in [1.165, 1.54) is 18.2 Å². The molecule has 0 aromatic heterocycles. The Morgan fingerprint density at radius 1 is 1.26 bits per heavy atom. The first-order chi connectivity index (χ1) is 10.4. The van der Waals surface area contributed by atoms with Crippen LogP contribution in [0.4, 0.5) is 18.9 Å². The van der Waals surface area contributed by atoms with E-state index in [0.717, 1.165) is 0 Å². The zero-order chi connectivity index (χ0) is 17.8. The highest BCUT2D eigenvalue weighted by Crippen LogP contribution is 2.30. The molecule has 0 spiro atoms. The molecule has 1 atom stereocenters. The zero-order valence-corrected chi connectivity index (χ0v) is 14.2. The van der Waals surface area contributed by atoms with Gasteiger partial charge in [-0.1, -0.05) is 33.8 Å². The van der Waals surface area contributed by atoms with Crippen molar-refractivity contribution in [1.82, 2.24) is 0 Å². The highest BCUT2D eigenvalue weighted by atomic mass is 19.4. The quantitative estimate of drug-likeness (QED) is 0.746. The Morgan fingerprint density at radius 3 is 2.35 bits per heavy atom. The maximum Gasteiger partial charge on any atom is 0.573 e. The lowest BCUT2D eigenvalue weighted by molar-refractivity contribution is -0.274. The average molecular weight is 331 g/mol. The second-order valence-electron chi connectivity index (χ2n) is 6.80. The number of hydrogen-bond acceptors (Lipinski definition) is 2.